The van der Waals surface area contributed by atoms with Gasteiger partial charge in [-0.1, -0.05) is 12.1 Å². The standard InChI is InChI=1S/C18H21NO4/c20-17-4-1-11-19(17)15-8-5-14(6-9-15)7-10-18(21)23-13-16-3-2-12-22-16/h5-10,16H,1-4,11-13H2/b10-7+. The zero-order valence-corrected chi connectivity index (χ0v) is 13.1. The van der Waals surface area contributed by atoms with Crippen molar-refractivity contribution in [2.75, 3.05) is 24.7 Å². The van der Waals surface area contributed by atoms with Gasteiger partial charge in [-0.15, -0.1) is 0 Å². The fourth-order valence-electron chi connectivity index (χ4n) is 2.85. The average Bonchev–Trinajstić information content (AvgIpc) is 3.23. The Labute approximate surface area is 135 Å². The number of hydrogen-bond acceptors (Lipinski definition) is 4. The lowest BCUT2D eigenvalue weighted by Gasteiger charge is -2.15. The van der Waals surface area contributed by atoms with Gasteiger partial charge in [-0.3, -0.25) is 4.79 Å². The molecule has 5 heteroatoms. The minimum Gasteiger partial charge on any atom is -0.460 e. The molecule has 2 saturated heterocycles. The first-order valence-corrected chi connectivity index (χ1v) is 8.09. The van der Waals surface area contributed by atoms with Crippen LogP contribution in [0, 0.1) is 0 Å². The second-order valence-electron chi connectivity index (χ2n) is 5.84. The molecule has 1 atom stereocenters. The lowest BCUT2D eigenvalue weighted by molar-refractivity contribution is -0.140. The van der Waals surface area contributed by atoms with E-state index in [4.69, 9.17) is 9.47 Å². The van der Waals surface area contributed by atoms with Gasteiger partial charge in [0.1, 0.15) is 6.61 Å². The lowest BCUT2D eigenvalue weighted by atomic mass is 10.2. The van der Waals surface area contributed by atoms with E-state index in [1.165, 1.54) is 6.08 Å². The summed E-state index contributed by atoms with van der Waals surface area (Å²) >= 11 is 0. The molecular formula is C18H21NO4. The summed E-state index contributed by atoms with van der Waals surface area (Å²) in [6.07, 6.45) is 6.70. The number of esters is 1. The number of carbonyl (C=O) groups excluding carboxylic acids is 2. The van der Waals surface area contributed by atoms with Crippen LogP contribution in [0.3, 0.4) is 0 Å². The Morgan fingerprint density at radius 3 is 2.78 bits per heavy atom. The quantitative estimate of drug-likeness (QED) is 0.619. The second-order valence-corrected chi connectivity index (χ2v) is 5.84. The predicted octanol–water partition coefficient (Wildman–Crippen LogP) is 2.55. The van der Waals surface area contributed by atoms with Crippen LogP contribution in [-0.2, 0) is 19.1 Å². The molecule has 1 amide bonds. The molecule has 0 bridgehead atoms. The van der Waals surface area contributed by atoms with E-state index in [1.54, 1.807) is 11.0 Å². The summed E-state index contributed by atoms with van der Waals surface area (Å²) in [5.74, 6) is -0.190. The largest absolute Gasteiger partial charge is 0.460 e. The highest BCUT2D eigenvalue weighted by Crippen LogP contribution is 2.21. The molecule has 2 fully saturated rings. The Kier molecular flexibility index (Phi) is 5.08. The maximum absolute atomic E-state index is 11.7. The monoisotopic (exact) mass is 315 g/mol. The van der Waals surface area contributed by atoms with E-state index < -0.39 is 0 Å². The molecule has 1 unspecified atom stereocenters. The predicted molar refractivity (Wildman–Crippen MR) is 87.0 cm³/mol. The Bertz CT molecular complexity index is 588. The summed E-state index contributed by atoms with van der Waals surface area (Å²) in [6.45, 7) is 1.85. The van der Waals surface area contributed by atoms with Gasteiger partial charge >= 0.3 is 5.97 Å². The normalized spacial score (nSPS) is 21.3. The molecule has 1 aromatic carbocycles. The third-order valence-electron chi connectivity index (χ3n) is 4.13. The molecule has 3 rings (SSSR count). The van der Waals surface area contributed by atoms with E-state index in [2.05, 4.69) is 0 Å². The summed E-state index contributed by atoms with van der Waals surface area (Å²) in [6, 6.07) is 7.59. The molecule has 2 aliphatic heterocycles. The molecule has 122 valence electrons. The Balaban J connectivity index is 1.50. The van der Waals surface area contributed by atoms with E-state index >= 15 is 0 Å². The van der Waals surface area contributed by atoms with Crippen LogP contribution in [0.2, 0.25) is 0 Å². The van der Waals surface area contributed by atoms with Crippen LogP contribution in [0.5, 0.6) is 0 Å². The van der Waals surface area contributed by atoms with Gasteiger partial charge in [0.2, 0.25) is 5.91 Å². The lowest BCUT2D eigenvalue weighted by Crippen LogP contribution is -2.23. The molecule has 0 radical (unpaired) electrons. The van der Waals surface area contributed by atoms with Crippen LogP contribution in [0.1, 0.15) is 31.2 Å². The van der Waals surface area contributed by atoms with Crippen LogP contribution in [0.4, 0.5) is 5.69 Å². The number of nitrogens with zero attached hydrogens (tertiary/aromatic N) is 1. The number of amides is 1. The Hall–Kier alpha value is -2.14. The summed E-state index contributed by atoms with van der Waals surface area (Å²) in [4.78, 5) is 25.2. The number of anilines is 1. The molecule has 5 nitrogen and oxygen atoms in total. The van der Waals surface area contributed by atoms with Crippen molar-refractivity contribution in [3.8, 4) is 0 Å². The molecule has 0 spiro atoms. The van der Waals surface area contributed by atoms with E-state index in [-0.39, 0.29) is 18.0 Å². The summed E-state index contributed by atoms with van der Waals surface area (Å²) in [7, 11) is 0. The van der Waals surface area contributed by atoms with Crippen molar-refractivity contribution in [3.63, 3.8) is 0 Å². The van der Waals surface area contributed by atoms with Crippen molar-refractivity contribution in [1.29, 1.82) is 0 Å². The van der Waals surface area contributed by atoms with Gasteiger partial charge in [0, 0.05) is 31.3 Å². The molecule has 0 N–H and O–H groups in total. The molecule has 0 aromatic heterocycles. The minimum atomic E-state index is -0.362. The smallest absolute Gasteiger partial charge is 0.330 e. The van der Waals surface area contributed by atoms with Crippen molar-refractivity contribution in [2.45, 2.75) is 31.8 Å². The van der Waals surface area contributed by atoms with Crippen molar-refractivity contribution in [3.05, 3.63) is 35.9 Å². The first-order chi connectivity index (χ1) is 11.2. The fraction of sp³-hybridized carbons (Fsp3) is 0.444. The molecule has 23 heavy (non-hydrogen) atoms. The summed E-state index contributed by atoms with van der Waals surface area (Å²) < 4.78 is 10.6. The second kappa shape index (κ2) is 7.42. The van der Waals surface area contributed by atoms with Crippen molar-refractivity contribution in [2.24, 2.45) is 0 Å². The average molecular weight is 315 g/mol. The Morgan fingerprint density at radius 2 is 2.13 bits per heavy atom. The van der Waals surface area contributed by atoms with Gasteiger partial charge in [0.15, 0.2) is 0 Å². The van der Waals surface area contributed by atoms with Gasteiger partial charge in [-0.05, 0) is 43.0 Å². The fourth-order valence-corrected chi connectivity index (χ4v) is 2.85. The van der Waals surface area contributed by atoms with Crippen LogP contribution in [-0.4, -0.2) is 37.7 Å². The van der Waals surface area contributed by atoms with Gasteiger partial charge < -0.3 is 14.4 Å². The number of hydrogen-bond donors (Lipinski definition) is 0. The number of carbonyl (C=O) groups is 2. The maximum Gasteiger partial charge on any atom is 0.330 e. The van der Waals surface area contributed by atoms with Crippen molar-refractivity contribution < 1.29 is 19.1 Å². The van der Waals surface area contributed by atoms with Crippen molar-refractivity contribution in [1.82, 2.24) is 0 Å². The molecule has 0 aliphatic carbocycles. The van der Waals surface area contributed by atoms with Crippen LogP contribution in [0.15, 0.2) is 30.3 Å². The zero-order valence-electron chi connectivity index (χ0n) is 13.1. The third-order valence-corrected chi connectivity index (χ3v) is 4.13. The van der Waals surface area contributed by atoms with Gasteiger partial charge in [-0.2, -0.15) is 0 Å². The molecule has 2 heterocycles. The van der Waals surface area contributed by atoms with E-state index in [1.807, 2.05) is 24.3 Å². The van der Waals surface area contributed by atoms with Gasteiger partial charge in [-0.25, -0.2) is 4.79 Å². The zero-order chi connectivity index (χ0) is 16.1. The van der Waals surface area contributed by atoms with Gasteiger partial charge in [0.05, 0.1) is 6.10 Å². The minimum absolute atomic E-state index is 0.0460. The maximum atomic E-state index is 11.7. The highest BCUT2D eigenvalue weighted by molar-refractivity contribution is 5.95. The van der Waals surface area contributed by atoms with E-state index in [9.17, 15) is 9.59 Å². The first-order valence-electron chi connectivity index (χ1n) is 8.09. The summed E-state index contributed by atoms with van der Waals surface area (Å²) in [5, 5.41) is 0. The van der Waals surface area contributed by atoms with E-state index in [0.29, 0.717) is 13.0 Å². The number of benzene rings is 1. The highest BCUT2D eigenvalue weighted by Gasteiger charge is 2.21. The molecule has 0 saturated carbocycles. The Morgan fingerprint density at radius 1 is 1.30 bits per heavy atom. The number of rotatable bonds is 5. The molecule has 2 aliphatic rings. The highest BCUT2D eigenvalue weighted by atomic mass is 16.6. The van der Waals surface area contributed by atoms with Crippen LogP contribution < -0.4 is 4.90 Å². The van der Waals surface area contributed by atoms with E-state index in [0.717, 1.165) is 43.7 Å². The number of ether oxygens (including phenoxy) is 2. The summed E-state index contributed by atoms with van der Waals surface area (Å²) in [5.41, 5.74) is 1.81. The topological polar surface area (TPSA) is 55.8 Å². The van der Waals surface area contributed by atoms with Crippen molar-refractivity contribution >= 4 is 23.6 Å². The first kappa shape index (κ1) is 15.7. The SMILES string of the molecule is O=C(/C=C/c1ccc(N2CCCC2=O)cc1)OCC1CCCO1. The van der Waals surface area contributed by atoms with Crippen LogP contribution in [0.25, 0.3) is 6.08 Å². The van der Waals surface area contributed by atoms with Crippen LogP contribution >= 0.6 is 0 Å². The van der Waals surface area contributed by atoms with Gasteiger partial charge in [0.25, 0.3) is 0 Å². The third kappa shape index (κ3) is 4.20. The molecule has 1 aromatic rings. The molecular weight excluding hydrogens is 294 g/mol.